The number of rotatable bonds is 7. The van der Waals surface area contributed by atoms with Crippen LogP contribution in [0.3, 0.4) is 0 Å². The molecule has 0 spiro atoms. The van der Waals surface area contributed by atoms with Gasteiger partial charge in [-0.3, -0.25) is 4.79 Å². The molecule has 0 bridgehead atoms. The lowest BCUT2D eigenvalue weighted by Crippen LogP contribution is -2.32. The van der Waals surface area contributed by atoms with Crippen LogP contribution in [0.25, 0.3) is 0 Å². The molecule has 0 radical (unpaired) electrons. The fraction of sp³-hybridized carbons (Fsp3) is 0.700. The molecule has 0 aromatic heterocycles. The largest absolute Gasteiger partial charge is 0.469 e. The fourth-order valence-corrected chi connectivity index (χ4v) is 1.10. The Morgan fingerprint density at radius 2 is 1.69 bits per heavy atom. The minimum Gasteiger partial charge on any atom is -0.469 e. The molecule has 0 fully saturated rings. The molecule has 0 aliphatic heterocycles. The van der Waals surface area contributed by atoms with Gasteiger partial charge in [-0.25, -0.2) is 18.0 Å². The average Bonchev–Trinajstić information content (AvgIpc) is 2.34. The first kappa shape index (κ1) is 14.7. The van der Waals surface area contributed by atoms with E-state index in [1.165, 1.54) is 5.94 Å². The van der Waals surface area contributed by atoms with Crippen LogP contribution in [0.4, 0.5) is 13.2 Å². The highest BCUT2D eigenvalue weighted by molar-refractivity contribution is 5.70. The summed E-state index contributed by atoms with van der Waals surface area (Å²) in [6, 6.07) is 0. The Labute approximate surface area is 91.3 Å². The van der Waals surface area contributed by atoms with Gasteiger partial charge < -0.3 is 4.74 Å². The number of carbonyl (C=O) groups is 1. The van der Waals surface area contributed by atoms with Gasteiger partial charge in [0.15, 0.2) is 0 Å². The maximum atomic E-state index is 12.6. The van der Waals surface area contributed by atoms with E-state index in [1.807, 2.05) is 0 Å². The molecule has 0 atom stereocenters. The van der Waals surface area contributed by atoms with Crippen LogP contribution in [-0.2, 0) is 14.3 Å². The van der Waals surface area contributed by atoms with E-state index in [2.05, 4.69) is 4.74 Å². The van der Waals surface area contributed by atoms with Crippen molar-refractivity contribution in [3.05, 3.63) is 5.57 Å². The zero-order valence-corrected chi connectivity index (χ0v) is 8.89. The van der Waals surface area contributed by atoms with Gasteiger partial charge in [0.1, 0.15) is 26.0 Å². The van der Waals surface area contributed by atoms with Crippen LogP contribution in [0.1, 0.15) is 12.8 Å². The van der Waals surface area contributed by atoms with Crippen molar-refractivity contribution in [2.24, 2.45) is 5.41 Å². The summed E-state index contributed by atoms with van der Waals surface area (Å²) in [5.41, 5.74) is -2.49. The van der Waals surface area contributed by atoms with Crippen LogP contribution < -0.4 is 0 Å². The second kappa shape index (κ2) is 7.06. The van der Waals surface area contributed by atoms with Gasteiger partial charge in [0.05, 0.1) is 12.5 Å². The monoisotopic (exact) mass is 238 g/mol. The number of hydrogen-bond acceptors (Lipinski definition) is 3. The predicted octanol–water partition coefficient (Wildman–Crippen LogP) is 1.59. The van der Waals surface area contributed by atoms with Crippen LogP contribution in [0, 0.1) is 5.41 Å². The third-order valence-electron chi connectivity index (χ3n) is 2.34. The molecule has 3 nitrogen and oxygen atoms in total. The quantitative estimate of drug-likeness (QED) is 0.499. The van der Waals surface area contributed by atoms with Crippen molar-refractivity contribution in [1.82, 2.24) is 0 Å². The second-order valence-electron chi connectivity index (χ2n) is 3.34. The van der Waals surface area contributed by atoms with Gasteiger partial charge in [-0.2, -0.15) is 0 Å². The Kier molecular flexibility index (Phi) is 6.49. The van der Waals surface area contributed by atoms with Crippen molar-refractivity contribution in [3.63, 3.8) is 0 Å². The van der Waals surface area contributed by atoms with E-state index in [4.69, 9.17) is 0 Å². The number of hydrogen-bond donors (Lipinski definition) is 0. The molecule has 0 heterocycles. The van der Waals surface area contributed by atoms with Gasteiger partial charge in [0.25, 0.3) is 0 Å². The van der Waals surface area contributed by atoms with Crippen molar-refractivity contribution in [3.8, 4) is 0 Å². The Hall–Kier alpha value is -1.29. The van der Waals surface area contributed by atoms with Gasteiger partial charge in [0.2, 0.25) is 0 Å². The summed E-state index contributed by atoms with van der Waals surface area (Å²) in [5, 5.41) is 0. The highest BCUT2D eigenvalue weighted by atomic mass is 19.1. The van der Waals surface area contributed by atoms with Gasteiger partial charge in [-0.05, 0) is 6.42 Å². The average molecular weight is 238 g/mol. The number of ether oxygens (including phenoxy) is 1. The first-order valence-electron chi connectivity index (χ1n) is 4.59. The zero-order chi connectivity index (χ0) is 12.6. The normalized spacial score (nSPS) is 10.8. The lowest BCUT2D eigenvalue weighted by atomic mass is 9.82. The topological polar surface area (TPSA) is 43.4 Å². The highest BCUT2D eigenvalue weighted by Crippen LogP contribution is 2.31. The smallest absolute Gasteiger partial charge is 0.305 e. The summed E-state index contributed by atoms with van der Waals surface area (Å²) in [7, 11) is 1.14. The number of methoxy groups -OCH3 is 1. The predicted molar refractivity (Wildman–Crippen MR) is 50.8 cm³/mol. The number of allylic oxidation sites excluding steroid dienone is 1. The minimum atomic E-state index is -2.09. The molecule has 0 aliphatic rings. The molecule has 92 valence electrons. The Balaban J connectivity index is 4.71. The summed E-state index contributed by atoms with van der Waals surface area (Å²) in [6.45, 7) is -4.02. The van der Waals surface area contributed by atoms with Gasteiger partial charge >= 0.3 is 5.97 Å². The van der Waals surface area contributed by atoms with E-state index in [-0.39, 0.29) is 12.8 Å². The molecule has 0 unspecified atom stereocenters. The number of alkyl halides is 3. The van der Waals surface area contributed by atoms with Crippen molar-refractivity contribution < 1.29 is 27.5 Å². The summed E-state index contributed by atoms with van der Waals surface area (Å²) in [4.78, 5) is 21.3. The molecule has 0 amide bonds. The van der Waals surface area contributed by atoms with Crippen molar-refractivity contribution in [1.29, 1.82) is 0 Å². The number of carbonyl (C=O) groups excluding carboxylic acids is 2. The van der Waals surface area contributed by atoms with Crippen LogP contribution in [-0.4, -0.2) is 39.0 Å². The van der Waals surface area contributed by atoms with E-state index in [0.717, 1.165) is 7.11 Å². The molecule has 0 saturated heterocycles. The maximum absolute atomic E-state index is 12.6. The summed E-state index contributed by atoms with van der Waals surface area (Å²) < 4.78 is 42.0. The first-order chi connectivity index (χ1) is 7.60. The van der Waals surface area contributed by atoms with Crippen LogP contribution in [0.5, 0.6) is 0 Å². The fourth-order valence-electron chi connectivity index (χ4n) is 1.10. The lowest BCUT2D eigenvalue weighted by Gasteiger charge is -2.24. The molecule has 6 heteroatoms. The highest BCUT2D eigenvalue weighted by Gasteiger charge is 2.36. The first-order valence-corrected chi connectivity index (χ1v) is 4.59. The lowest BCUT2D eigenvalue weighted by molar-refractivity contribution is -0.140. The third kappa shape index (κ3) is 3.38. The Morgan fingerprint density at radius 1 is 1.19 bits per heavy atom. The molecule has 0 aromatic rings. The summed E-state index contributed by atoms with van der Waals surface area (Å²) in [6.07, 6.45) is -0.489. The van der Waals surface area contributed by atoms with Crippen LogP contribution in [0.2, 0.25) is 0 Å². The third-order valence-corrected chi connectivity index (χ3v) is 2.34. The molecule has 0 rings (SSSR count). The van der Waals surface area contributed by atoms with Crippen molar-refractivity contribution >= 4 is 11.9 Å². The van der Waals surface area contributed by atoms with Gasteiger partial charge in [-0.1, -0.05) is 0 Å². The summed E-state index contributed by atoms with van der Waals surface area (Å²) in [5.74, 6) is 0.674. The van der Waals surface area contributed by atoms with E-state index in [9.17, 15) is 22.8 Å². The molecular weight excluding hydrogens is 225 g/mol. The van der Waals surface area contributed by atoms with Crippen molar-refractivity contribution in [2.45, 2.75) is 12.8 Å². The Bertz CT molecular complexity index is 273. The van der Waals surface area contributed by atoms with Crippen LogP contribution in [0.15, 0.2) is 5.57 Å². The molecule has 16 heavy (non-hydrogen) atoms. The summed E-state index contributed by atoms with van der Waals surface area (Å²) >= 11 is 0. The Morgan fingerprint density at radius 3 is 2.00 bits per heavy atom. The van der Waals surface area contributed by atoms with E-state index < -0.39 is 37.0 Å². The molecule has 0 aliphatic carbocycles. The van der Waals surface area contributed by atoms with Crippen molar-refractivity contribution in [2.75, 3.05) is 27.1 Å². The standard InChI is InChI=1S/C10H13F3O3/c1-16-9(15)3-2-8(4-14)10(5-11,6-12)7-13/h2-3,5-7H2,1H3. The molecule has 0 saturated carbocycles. The van der Waals surface area contributed by atoms with Crippen LogP contribution >= 0.6 is 0 Å². The molecule has 0 N–H and O–H groups in total. The minimum absolute atomic E-state index is 0.233. The van der Waals surface area contributed by atoms with Gasteiger partial charge in [-0.15, -0.1) is 0 Å². The second-order valence-corrected chi connectivity index (χ2v) is 3.34. The van der Waals surface area contributed by atoms with Gasteiger partial charge in [0, 0.05) is 12.0 Å². The van der Waals surface area contributed by atoms with E-state index in [0.29, 0.717) is 0 Å². The maximum Gasteiger partial charge on any atom is 0.305 e. The molecule has 0 aromatic carbocycles. The number of halogens is 3. The van der Waals surface area contributed by atoms with E-state index in [1.54, 1.807) is 0 Å². The zero-order valence-electron chi connectivity index (χ0n) is 8.89. The molecular formula is C10H13F3O3. The SMILES string of the molecule is COC(=O)CCC(=C=O)C(CF)(CF)CF. The van der Waals surface area contributed by atoms with E-state index >= 15 is 0 Å². The number of esters is 1.